The van der Waals surface area contributed by atoms with Gasteiger partial charge in [0, 0.05) is 11.1 Å². The van der Waals surface area contributed by atoms with Crippen LogP contribution in [0.2, 0.25) is 0 Å². The summed E-state index contributed by atoms with van der Waals surface area (Å²) in [4.78, 5) is 12.6. The van der Waals surface area contributed by atoms with E-state index in [1.165, 1.54) is 18.7 Å². The Bertz CT molecular complexity index is 815. The predicted molar refractivity (Wildman–Crippen MR) is 99.7 cm³/mol. The average molecular weight is 340 g/mol. The predicted octanol–water partition coefficient (Wildman–Crippen LogP) is 4.74. The van der Waals surface area contributed by atoms with Crippen molar-refractivity contribution in [3.63, 3.8) is 0 Å². The second kappa shape index (κ2) is 7.43. The van der Waals surface area contributed by atoms with Crippen LogP contribution in [0.3, 0.4) is 0 Å². The van der Waals surface area contributed by atoms with E-state index in [-0.39, 0.29) is 34.2 Å². The summed E-state index contributed by atoms with van der Waals surface area (Å²) < 4.78 is 5.23. The van der Waals surface area contributed by atoms with Crippen LogP contribution in [0.25, 0.3) is 6.08 Å². The molecular weight excluding hydrogens is 316 g/mol. The number of benzene rings is 2. The third-order valence-electron chi connectivity index (χ3n) is 4.35. The molecular formula is C21H24O4. The van der Waals surface area contributed by atoms with Crippen LogP contribution < -0.4 is 4.74 Å². The van der Waals surface area contributed by atoms with Crippen molar-refractivity contribution in [1.82, 2.24) is 0 Å². The van der Waals surface area contributed by atoms with Gasteiger partial charge in [0.15, 0.2) is 5.78 Å². The summed E-state index contributed by atoms with van der Waals surface area (Å²) in [6.45, 7) is 7.45. The molecule has 0 saturated heterocycles. The molecule has 2 rings (SSSR count). The van der Waals surface area contributed by atoms with Gasteiger partial charge in [0.1, 0.15) is 22.8 Å². The number of hydrogen-bond acceptors (Lipinski definition) is 4. The molecule has 0 unspecified atom stereocenters. The van der Waals surface area contributed by atoms with Gasteiger partial charge in [-0.1, -0.05) is 44.2 Å². The Morgan fingerprint density at radius 3 is 2.16 bits per heavy atom. The lowest BCUT2D eigenvalue weighted by atomic mass is 9.98. The maximum absolute atomic E-state index is 12.6. The number of carbonyl (C=O) groups excluding carboxylic acids is 1. The SMILES string of the molecule is COc1c(C)c(O)c(C)c(O)c1C(=O)C=Cc1ccc(C(C)C)cc1. The maximum atomic E-state index is 12.6. The molecule has 0 amide bonds. The van der Waals surface area contributed by atoms with Crippen molar-refractivity contribution in [1.29, 1.82) is 0 Å². The lowest BCUT2D eigenvalue weighted by Crippen LogP contribution is -2.03. The third-order valence-corrected chi connectivity index (χ3v) is 4.35. The molecule has 0 aliphatic heterocycles. The highest BCUT2D eigenvalue weighted by molar-refractivity contribution is 6.11. The lowest BCUT2D eigenvalue weighted by Gasteiger charge is -2.15. The molecule has 0 heterocycles. The fraction of sp³-hybridized carbons (Fsp3) is 0.286. The van der Waals surface area contributed by atoms with Gasteiger partial charge >= 0.3 is 0 Å². The minimum absolute atomic E-state index is 0.0605. The molecule has 25 heavy (non-hydrogen) atoms. The fourth-order valence-corrected chi connectivity index (χ4v) is 2.71. The molecule has 4 heteroatoms. The number of allylic oxidation sites excluding steroid dienone is 1. The van der Waals surface area contributed by atoms with Crippen LogP contribution in [0, 0.1) is 13.8 Å². The normalized spacial score (nSPS) is 11.3. The van der Waals surface area contributed by atoms with Gasteiger partial charge in [-0.2, -0.15) is 0 Å². The Labute approximate surface area is 148 Å². The van der Waals surface area contributed by atoms with Crippen molar-refractivity contribution >= 4 is 11.9 Å². The van der Waals surface area contributed by atoms with Crippen molar-refractivity contribution < 1.29 is 19.7 Å². The number of ether oxygens (including phenoxy) is 1. The van der Waals surface area contributed by atoms with Gasteiger partial charge in [0.2, 0.25) is 0 Å². The van der Waals surface area contributed by atoms with Crippen molar-refractivity contribution in [3.05, 3.63) is 58.2 Å². The van der Waals surface area contributed by atoms with Crippen molar-refractivity contribution in [2.45, 2.75) is 33.6 Å². The van der Waals surface area contributed by atoms with E-state index in [1.54, 1.807) is 19.9 Å². The molecule has 2 aromatic carbocycles. The van der Waals surface area contributed by atoms with Crippen molar-refractivity contribution in [2.24, 2.45) is 0 Å². The van der Waals surface area contributed by atoms with Crippen LogP contribution in [-0.2, 0) is 0 Å². The standard InChI is InChI=1S/C21H24O4/c1-12(2)16-9-6-15(7-10-16)8-11-17(22)18-20(24)13(3)19(23)14(4)21(18)25-5/h6-12,23-24H,1-5H3. The first-order valence-corrected chi connectivity index (χ1v) is 8.19. The molecule has 4 nitrogen and oxygen atoms in total. The van der Waals surface area contributed by atoms with E-state index in [0.29, 0.717) is 11.5 Å². The number of aromatic hydroxyl groups is 2. The fourth-order valence-electron chi connectivity index (χ4n) is 2.71. The summed E-state index contributed by atoms with van der Waals surface area (Å²) >= 11 is 0. The van der Waals surface area contributed by atoms with Gasteiger partial charge in [-0.05, 0) is 37.0 Å². The van der Waals surface area contributed by atoms with Gasteiger partial charge in [-0.15, -0.1) is 0 Å². The highest BCUT2D eigenvalue weighted by atomic mass is 16.5. The zero-order chi connectivity index (χ0) is 18.7. The Morgan fingerprint density at radius 1 is 1.04 bits per heavy atom. The number of rotatable bonds is 5. The van der Waals surface area contributed by atoms with E-state index in [9.17, 15) is 15.0 Å². The third kappa shape index (κ3) is 3.68. The number of methoxy groups -OCH3 is 1. The Morgan fingerprint density at radius 2 is 1.64 bits per heavy atom. The van der Waals surface area contributed by atoms with Gasteiger partial charge in [-0.3, -0.25) is 4.79 Å². The average Bonchev–Trinajstić information content (AvgIpc) is 2.61. The maximum Gasteiger partial charge on any atom is 0.193 e. The first-order valence-electron chi connectivity index (χ1n) is 8.19. The zero-order valence-corrected chi connectivity index (χ0v) is 15.3. The Kier molecular flexibility index (Phi) is 5.52. The van der Waals surface area contributed by atoms with E-state index in [1.807, 2.05) is 24.3 Å². The van der Waals surface area contributed by atoms with E-state index in [4.69, 9.17) is 4.74 Å². The van der Waals surface area contributed by atoms with Gasteiger partial charge in [-0.25, -0.2) is 0 Å². The molecule has 0 aliphatic carbocycles. The highest BCUT2D eigenvalue weighted by Crippen LogP contribution is 2.41. The van der Waals surface area contributed by atoms with Crippen molar-refractivity contribution in [2.75, 3.05) is 7.11 Å². The Hall–Kier alpha value is -2.75. The van der Waals surface area contributed by atoms with Crippen LogP contribution in [0.4, 0.5) is 0 Å². The number of phenols is 2. The molecule has 0 aromatic heterocycles. The molecule has 0 saturated carbocycles. The molecule has 0 radical (unpaired) electrons. The summed E-state index contributed by atoms with van der Waals surface area (Å²) in [5.41, 5.74) is 2.87. The molecule has 0 bridgehead atoms. The summed E-state index contributed by atoms with van der Waals surface area (Å²) in [6, 6.07) is 7.95. The topological polar surface area (TPSA) is 66.8 Å². The van der Waals surface area contributed by atoms with E-state index < -0.39 is 0 Å². The van der Waals surface area contributed by atoms with Crippen LogP contribution >= 0.6 is 0 Å². The first-order chi connectivity index (χ1) is 11.8. The van der Waals surface area contributed by atoms with E-state index in [2.05, 4.69) is 13.8 Å². The number of carbonyl (C=O) groups is 1. The van der Waals surface area contributed by atoms with Gasteiger partial charge in [0.05, 0.1) is 7.11 Å². The smallest absolute Gasteiger partial charge is 0.193 e. The zero-order valence-electron chi connectivity index (χ0n) is 15.3. The lowest BCUT2D eigenvalue weighted by molar-refractivity contribution is 0.104. The van der Waals surface area contributed by atoms with Crippen molar-refractivity contribution in [3.8, 4) is 17.2 Å². The summed E-state index contributed by atoms with van der Waals surface area (Å²) in [5.74, 6) is -0.0772. The van der Waals surface area contributed by atoms with Crippen LogP contribution in [0.15, 0.2) is 30.3 Å². The second-order valence-corrected chi connectivity index (χ2v) is 6.37. The molecule has 132 valence electrons. The number of ketones is 1. The molecule has 0 aliphatic rings. The Balaban J connectivity index is 2.38. The highest BCUT2D eigenvalue weighted by Gasteiger charge is 2.23. The van der Waals surface area contributed by atoms with Gasteiger partial charge in [0.25, 0.3) is 0 Å². The monoisotopic (exact) mass is 340 g/mol. The molecule has 0 fully saturated rings. The molecule has 2 aromatic rings. The largest absolute Gasteiger partial charge is 0.507 e. The van der Waals surface area contributed by atoms with E-state index >= 15 is 0 Å². The van der Waals surface area contributed by atoms with E-state index in [0.717, 1.165) is 5.56 Å². The second-order valence-electron chi connectivity index (χ2n) is 6.37. The molecule has 2 N–H and O–H groups in total. The van der Waals surface area contributed by atoms with Gasteiger partial charge < -0.3 is 14.9 Å². The summed E-state index contributed by atoms with van der Waals surface area (Å²) in [6.07, 6.45) is 3.10. The first kappa shape index (κ1) is 18.6. The molecule has 0 spiro atoms. The van der Waals surface area contributed by atoms with Crippen LogP contribution in [0.5, 0.6) is 17.2 Å². The summed E-state index contributed by atoms with van der Waals surface area (Å²) in [7, 11) is 1.40. The van der Waals surface area contributed by atoms with Crippen LogP contribution in [-0.4, -0.2) is 23.1 Å². The number of phenolic OH excluding ortho intramolecular Hbond substituents is 2. The molecule has 0 atom stereocenters. The number of hydrogen-bond donors (Lipinski definition) is 2. The minimum atomic E-state index is -0.381. The quantitative estimate of drug-likeness (QED) is 0.609. The minimum Gasteiger partial charge on any atom is -0.507 e. The summed E-state index contributed by atoms with van der Waals surface area (Å²) in [5, 5.41) is 20.3. The van der Waals surface area contributed by atoms with Crippen LogP contribution in [0.1, 0.15) is 52.4 Å².